The van der Waals surface area contributed by atoms with Crippen LogP contribution in [0.25, 0.3) is 11.1 Å². The summed E-state index contributed by atoms with van der Waals surface area (Å²) in [5.41, 5.74) is 2.35. The maximum Gasteiger partial charge on any atom is 0.230 e. The van der Waals surface area contributed by atoms with Crippen LogP contribution in [0.1, 0.15) is 26.7 Å². The Hall–Kier alpha value is -1.74. The summed E-state index contributed by atoms with van der Waals surface area (Å²) in [6.07, 6.45) is 1.51. The maximum atomic E-state index is 11.7. The standard InChI is InChI=1S/C18H21NOS/c1-14(2)11-12-18(20)19-21-17-10-6-9-16(13-17)15-7-4-3-5-8-15/h3-10,13-14H,11-12H2,1-2H3,(H,19,20). The summed E-state index contributed by atoms with van der Waals surface area (Å²) in [7, 11) is 0. The van der Waals surface area contributed by atoms with Crippen LogP contribution in [0.2, 0.25) is 0 Å². The number of rotatable bonds is 6. The van der Waals surface area contributed by atoms with Crippen LogP contribution in [0.15, 0.2) is 59.5 Å². The third-order valence-corrected chi connectivity index (χ3v) is 3.99. The zero-order valence-corrected chi connectivity index (χ0v) is 13.3. The molecule has 2 aromatic rings. The molecule has 0 spiro atoms. The smallest absolute Gasteiger partial charge is 0.230 e. The molecule has 21 heavy (non-hydrogen) atoms. The lowest BCUT2D eigenvalue weighted by molar-refractivity contribution is -0.119. The van der Waals surface area contributed by atoms with Gasteiger partial charge in [0.15, 0.2) is 0 Å². The highest BCUT2D eigenvalue weighted by Crippen LogP contribution is 2.24. The van der Waals surface area contributed by atoms with E-state index in [1.807, 2.05) is 30.3 Å². The summed E-state index contributed by atoms with van der Waals surface area (Å²) < 4.78 is 2.91. The lowest BCUT2D eigenvalue weighted by atomic mass is 10.1. The Morgan fingerprint density at radius 2 is 1.76 bits per heavy atom. The third kappa shape index (κ3) is 5.27. The molecular formula is C18H21NOS. The molecule has 2 aromatic carbocycles. The van der Waals surface area contributed by atoms with Gasteiger partial charge in [-0.05, 0) is 47.5 Å². The first-order valence-corrected chi connectivity index (χ1v) is 8.08. The van der Waals surface area contributed by atoms with Crippen molar-refractivity contribution >= 4 is 17.9 Å². The van der Waals surface area contributed by atoms with E-state index in [-0.39, 0.29) is 5.91 Å². The van der Waals surface area contributed by atoms with Crippen molar-refractivity contribution in [2.45, 2.75) is 31.6 Å². The van der Waals surface area contributed by atoms with Gasteiger partial charge in [0, 0.05) is 11.3 Å². The van der Waals surface area contributed by atoms with Gasteiger partial charge in [0.25, 0.3) is 0 Å². The molecule has 2 nitrogen and oxygen atoms in total. The molecule has 1 amide bonds. The third-order valence-electron chi connectivity index (χ3n) is 3.17. The number of hydrogen-bond acceptors (Lipinski definition) is 2. The van der Waals surface area contributed by atoms with Gasteiger partial charge in [0.1, 0.15) is 0 Å². The monoisotopic (exact) mass is 299 g/mol. The molecule has 3 heteroatoms. The van der Waals surface area contributed by atoms with E-state index in [1.54, 1.807) is 0 Å². The van der Waals surface area contributed by atoms with Crippen molar-refractivity contribution in [3.05, 3.63) is 54.6 Å². The van der Waals surface area contributed by atoms with Crippen LogP contribution < -0.4 is 4.72 Å². The van der Waals surface area contributed by atoms with E-state index in [2.05, 4.69) is 42.8 Å². The van der Waals surface area contributed by atoms with Crippen molar-refractivity contribution in [3.63, 3.8) is 0 Å². The summed E-state index contributed by atoms with van der Waals surface area (Å²) in [5.74, 6) is 0.654. The first kappa shape index (κ1) is 15.6. The summed E-state index contributed by atoms with van der Waals surface area (Å²) in [4.78, 5) is 12.8. The minimum absolute atomic E-state index is 0.0961. The van der Waals surface area contributed by atoms with Crippen LogP contribution in [0, 0.1) is 5.92 Å². The predicted molar refractivity (Wildman–Crippen MR) is 89.9 cm³/mol. The molecule has 0 saturated heterocycles. The molecule has 0 aliphatic heterocycles. The summed E-state index contributed by atoms with van der Waals surface area (Å²) >= 11 is 1.39. The normalized spacial score (nSPS) is 10.6. The van der Waals surface area contributed by atoms with Gasteiger partial charge in [-0.25, -0.2) is 0 Å². The van der Waals surface area contributed by atoms with E-state index < -0.39 is 0 Å². The molecule has 0 saturated carbocycles. The van der Waals surface area contributed by atoms with E-state index in [0.29, 0.717) is 12.3 Å². The minimum Gasteiger partial charge on any atom is -0.296 e. The topological polar surface area (TPSA) is 29.1 Å². The fraction of sp³-hybridized carbons (Fsp3) is 0.278. The second-order valence-electron chi connectivity index (χ2n) is 5.45. The molecule has 0 unspecified atom stereocenters. The lowest BCUT2D eigenvalue weighted by Gasteiger charge is -2.07. The molecule has 110 valence electrons. The molecular weight excluding hydrogens is 278 g/mol. The molecule has 0 atom stereocenters. The number of carbonyl (C=O) groups is 1. The largest absolute Gasteiger partial charge is 0.296 e. The van der Waals surface area contributed by atoms with E-state index in [0.717, 1.165) is 16.9 Å². The molecule has 2 rings (SSSR count). The van der Waals surface area contributed by atoms with E-state index >= 15 is 0 Å². The number of hydrogen-bond donors (Lipinski definition) is 1. The first-order valence-electron chi connectivity index (χ1n) is 7.26. The van der Waals surface area contributed by atoms with Crippen LogP contribution in [0.4, 0.5) is 0 Å². The van der Waals surface area contributed by atoms with Crippen molar-refractivity contribution in [3.8, 4) is 11.1 Å². The van der Waals surface area contributed by atoms with E-state index in [9.17, 15) is 4.79 Å². The van der Waals surface area contributed by atoms with Gasteiger partial charge in [-0.2, -0.15) is 0 Å². The number of nitrogens with one attached hydrogen (secondary N) is 1. The summed E-state index contributed by atoms with van der Waals surface area (Å²) in [5, 5.41) is 0. The lowest BCUT2D eigenvalue weighted by Crippen LogP contribution is -2.15. The minimum atomic E-state index is 0.0961. The van der Waals surface area contributed by atoms with Crippen LogP contribution in [-0.4, -0.2) is 5.91 Å². The summed E-state index contributed by atoms with van der Waals surface area (Å²) in [6.45, 7) is 4.26. The molecule has 0 fully saturated rings. The van der Waals surface area contributed by atoms with E-state index in [1.165, 1.54) is 17.5 Å². The molecule has 0 heterocycles. The van der Waals surface area contributed by atoms with Crippen molar-refractivity contribution in [2.75, 3.05) is 0 Å². The Morgan fingerprint density at radius 1 is 1.05 bits per heavy atom. The van der Waals surface area contributed by atoms with Gasteiger partial charge >= 0.3 is 0 Å². The van der Waals surface area contributed by atoms with Gasteiger partial charge in [-0.3, -0.25) is 9.52 Å². The SMILES string of the molecule is CC(C)CCC(=O)NSc1cccc(-c2ccccc2)c1. The Morgan fingerprint density at radius 3 is 2.48 bits per heavy atom. The Kier molecular flexibility index (Phi) is 5.88. The number of amides is 1. The number of benzene rings is 2. The van der Waals surface area contributed by atoms with Crippen LogP contribution >= 0.6 is 11.9 Å². The average molecular weight is 299 g/mol. The van der Waals surface area contributed by atoms with Crippen molar-refractivity contribution in [1.82, 2.24) is 4.72 Å². The second-order valence-corrected chi connectivity index (χ2v) is 6.33. The van der Waals surface area contributed by atoms with Gasteiger partial charge in [-0.1, -0.05) is 56.3 Å². The van der Waals surface area contributed by atoms with Crippen molar-refractivity contribution < 1.29 is 4.79 Å². The van der Waals surface area contributed by atoms with Crippen LogP contribution in [0.3, 0.4) is 0 Å². The van der Waals surface area contributed by atoms with Gasteiger partial charge in [0.05, 0.1) is 0 Å². The van der Waals surface area contributed by atoms with E-state index in [4.69, 9.17) is 0 Å². The van der Waals surface area contributed by atoms with Crippen LogP contribution in [-0.2, 0) is 4.79 Å². The first-order chi connectivity index (χ1) is 10.1. The Labute approximate surface area is 131 Å². The highest BCUT2D eigenvalue weighted by atomic mass is 32.2. The van der Waals surface area contributed by atoms with Gasteiger partial charge in [-0.15, -0.1) is 0 Å². The van der Waals surface area contributed by atoms with Crippen molar-refractivity contribution in [1.29, 1.82) is 0 Å². The molecule has 0 radical (unpaired) electrons. The zero-order valence-electron chi connectivity index (χ0n) is 12.5. The highest BCUT2D eigenvalue weighted by molar-refractivity contribution is 7.98. The highest BCUT2D eigenvalue weighted by Gasteiger charge is 2.05. The number of carbonyl (C=O) groups excluding carboxylic acids is 1. The Bertz CT molecular complexity index is 581. The Balaban J connectivity index is 1.94. The zero-order chi connectivity index (χ0) is 15.1. The second kappa shape index (κ2) is 7.89. The maximum absolute atomic E-state index is 11.7. The average Bonchev–Trinajstić information content (AvgIpc) is 2.52. The molecule has 1 N–H and O–H groups in total. The van der Waals surface area contributed by atoms with Crippen molar-refractivity contribution in [2.24, 2.45) is 5.92 Å². The fourth-order valence-corrected chi connectivity index (χ4v) is 2.62. The summed E-state index contributed by atoms with van der Waals surface area (Å²) in [6, 6.07) is 18.5. The molecule has 0 aliphatic rings. The van der Waals surface area contributed by atoms with Gasteiger partial charge in [0.2, 0.25) is 5.91 Å². The molecule has 0 bridgehead atoms. The molecule has 0 aromatic heterocycles. The predicted octanol–water partition coefficient (Wildman–Crippen LogP) is 4.91. The van der Waals surface area contributed by atoms with Gasteiger partial charge < -0.3 is 0 Å². The fourth-order valence-electron chi connectivity index (χ4n) is 1.96. The molecule has 0 aliphatic carbocycles. The quantitative estimate of drug-likeness (QED) is 0.768. The van der Waals surface area contributed by atoms with Crippen LogP contribution in [0.5, 0.6) is 0 Å².